The van der Waals surface area contributed by atoms with E-state index in [1.165, 1.54) is 18.2 Å². The molecule has 92 valence electrons. The van der Waals surface area contributed by atoms with E-state index in [1.807, 2.05) is 0 Å². The highest BCUT2D eigenvalue weighted by molar-refractivity contribution is 7.99. The molecule has 2 N–H and O–H groups in total. The Balaban J connectivity index is 2.85. The monoisotopic (exact) mass is 257 g/mol. The molecule has 1 atom stereocenters. The molecular formula is C10H11NO5S. The lowest BCUT2D eigenvalue weighted by Gasteiger charge is -2.07. The number of aliphatic hydroxyl groups is 2. The minimum absolute atomic E-state index is 0.154. The quantitative estimate of drug-likeness (QED) is 0.339. The van der Waals surface area contributed by atoms with Crippen LogP contribution in [0, 0.1) is 10.1 Å². The molecule has 0 bridgehead atoms. The number of aliphatic hydroxyl groups excluding tert-OH is 2. The second kappa shape index (κ2) is 6.33. The minimum atomic E-state index is -0.880. The Kier molecular flexibility index (Phi) is 5.08. The van der Waals surface area contributed by atoms with Crippen molar-refractivity contribution < 1.29 is 19.9 Å². The molecule has 1 unspecified atom stereocenters. The van der Waals surface area contributed by atoms with Crippen LogP contribution in [0.2, 0.25) is 0 Å². The van der Waals surface area contributed by atoms with E-state index in [9.17, 15) is 14.9 Å². The summed E-state index contributed by atoms with van der Waals surface area (Å²) in [6, 6.07) is 3.93. The average molecular weight is 257 g/mol. The third-order valence-corrected chi connectivity index (χ3v) is 3.21. The third kappa shape index (κ3) is 3.81. The van der Waals surface area contributed by atoms with Gasteiger partial charge in [-0.25, -0.2) is 0 Å². The lowest BCUT2D eigenvalue weighted by molar-refractivity contribution is -0.384. The van der Waals surface area contributed by atoms with E-state index in [-0.39, 0.29) is 23.6 Å². The summed E-state index contributed by atoms with van der Waals surface area (Å²) >= 11 is 1.16. The van der Waals surface area contributed by atoms with Crippen LogP contribution in [0.4, 0.5) is 5.69 Å². The molecule has 0 radical (unpaired) electrons. The molecule has 17 heavy (non-hydrogen) atoms. The van der Waals surface area contributed by atoms with Gasteiger partial charge in [0.1, 0.15) is 0 Å². The summed E-state index contributed by atoms with van der Waals surface area (Å²) in [6.07, 6.45) is -0.351. The number of benzene rings is 1. The number of rotatable bonds is 6. The highest BCUT2D eigenvalue weighted by Crippen LogP contribution is 2.26. The zero-order valence-corrected chi connectivity index (χ0v) is 9.59. The van der Waals surface area contributed by atoms with E-state index in [1.54, 1.807) is 0 Å². The summed E-state index contributed by atoms with van der Waals surface area (Å²) in [6.45, 7) is -0.365. The van der Waals surface area contributed by atoms with Gasteiger partial charge < -0.3 is 10.2 Å². The first-order valence-corrected chi connectivity index (χ1v) is 5.72. The first-order valence-electron chi connectivity index (χ1n) is 4.73. The number of thioether (sulfide) groups is 1. The van der Waals surface area contributed by atoms with Crippen LogP contribution in [0.15, 0.2) is 23.1 Å². The Morgan fingerprint density at radius 3 is 2.76 bits per heavy atom. The van der Waals surface area contributed by atoms with E-state index in [0.717, 1.165) is 11.8 Å². The maximum Gasteiger partial charge on any atom is 0.270 e. The molecule has 1 aromatic carbocycles. The van der Waals surface area contributed by atoms with Crippen LogP contribution in [0.1, 0.15) is 10.4 Å². The Labute approximate surface area is 101 Å². The fourth-order valence-electron chi connectivity index (χ4n) is 1.11. The summed E-state index contributed by atoms with van der Waals surface area (Å²) in [5.41, 5.74) is 0.0495. The predicted molar refractivity (Wildman–Crippen MR) is 62.3 cm³/mol. The molecule has 0 heterocycles. The van der Waals surface area contributed by atoms with Crippen molar-refractivity contribution >= 4 is 23.7 Å². The largest absolute Gasteiger partial charge is 0.394 e. The molecular weight excluding hydrogens is 246 g/mol. The molecule has 0 spiro atoms. The van der Waals surface area contributed by atoms with Crippen molar-refractivity contribution in [1.82, 2.24) is 0 Å². The Morgan fingerprint density at radius 1 is 1.53 bits per heavy atom. The second-order valence-electron chi connectivity index (χ2n) is 3.24. The maximum atomic E-state index is 10.8. The molecule has 0 amide bonds. The van der Waals surface area contributed by atoms with Gasteiger partial charge >= 0.3 is 0 Å². The fourth-order valence-corrected chi connectivity index (χ4v) is 2.03. The molecule has 1 aromatic rings. The molecule has 0 saturated carbocycles. The number of non-ortho nitro benzene ring substituents is 1. The van der Waals surface area contributed by atoms with Crippen LogP contribution in [0.5, 0.6) is 0 Å². The van der Waals surface area contributed by atoms with Gasteiger partial charge in [-0.3, -0.25) is 14.9 Å². The molecule has 0 aliphatic rings. The predicted octanol–water partition coefficient (Wildman–Crippen LogP) is 0.853. The fraction of sp³-hybridized carbons (Fsp3) is 0.300. The third-order valence-electron chi connectivity index (χ3n) is 1.97. The van der Waals surface area contributed by atoms with Crippen LogP contribution >= 0.6 is 11.8 Å². The zero-order chi connectivity index (χ0) is 12.8. The highest BCUT2D eigenvalue weighted by Gasteiger charge is 2.12. The molecule has 0 aromatic heterocycles. The molecule has 0 fully saturated rings. The second-order valence-corrected chi connectivity index (χ2v) is 4.31. The van der Waals surface area contributed by atoms with Crippen LogP contribution in [0.25, 0.3) is 0 Å². The minimum Gasteiger partial charge on any atom is -0.394 e. The van der Waals surface area contributed by atoms with Crippen LogP contribution in [-0.2, 0) is 0 Å². The molecule has 6 nitrogen and oxygen atoms in total. The van der Waals surface area contributed by atoms with E-state index < -0.39 is 11.0 Å². The van der Waals surface area contributed by atoms with Gasteiger partial charge in [-0.05, 0) is 6.07 Å². The van der Waals surface area contributed by atoms with Gasteiger partial charge in [-0.15, -0.1) is 11.8 Å². The number of carbonyl (C=O) groups excluding carboxylic acids is 1. The average Bonchev–Trinajstić information content (AvgIpc) is 2.35. The van der Waals surface area contributed by atoms with Gasteiger partial charge in [-0.2, -0.15) is 0 Å². The maximum absolute atomic E-state index is 10.8. The van der Waals surface area contributed by atoms with Gasteiger partial charge in [0.2, 0.25) is 0 Å². The standard InChI is InChI=1S/C10H11NO5S/c12-4-7-3-8(11(15)16)1-2-10(7)17-6-9(14)5-13/h1-4,9,13-14H,5-6H2. The van der Waals surface area contributed by atoms with Gasteiger partial charge in [-0.1, -0.05) is 0 Å². The van der Waals surface area contributed by atoms with Crippen molar-refractivity contribution in [2.75, 3.05) is 12.4 Å². The molecule has 0 aliphatic carbocycles. The van der Waals surface area contributed by atoms with Crippen molar-refractivity contribution in [3.8, 4) is 0 Å². The normalized spacial score (nSPS) is 12.1. The van der Waals surface area contributed by atoms with E-state index in [0.29, 0.717) is 11.2 Å². The summed E-state index contributed by atoms with van der Waals surface area (Å²) < 4.78 is 0. The van der Waals surface area contributed by atoms with Gasteiger partial charge in [0, 0.05) is 28.3 Å². The van der Waals surface area contributed by atoms with Crippen molar-refractivity contribution in [1.29, 1.82) is 0 Å². The topological polar surface area (TPSA) is 101 Å². The lowest BCUT2D eigenvalue weighted by atomic mass is 10.2. The van der Waals surface area contributed by atoms with Crippen molar-refractivity contribution in [3.05, 3.63) is 33.9 Å². The number of nitrogens with zero attached hydrogens (tertiary/aromatic N) is 1. The zero-order valence-electron chi connectivity index (χ0n) is 8.78. The van der Waals surface area contributed by atoms with Crippen LogP contribution in [0.3, 0.4) is 0 Å². The molecule has 7 heteroatoms. The number of hydrogen-bond acceptors (Lipinski definition) is 6. The summed E-state index contributed by atoms with van der Waals surface area (Å²) in [4.78, 5) is 21.2. The Hall–Kier alpha value is -1.44. The van der Waals surface area contributed by atoms with Crippen LogP contribution in [-0.4, -0.2) is 39.9 Å². The van der Waals surface area contributed by atoms with Gasteiger partial charge in [0.15, 0.2) is 6.29 Å². The van der Waals surface area contributed by atoms with Crippen LogP contribution < -0.4 is 0 Å². The number of aldehydes is 1. The van der Waals surface area contributed by atoms with E-state index >= 15 is 0 Å². The van der Waals surface area contributed by atoms with Gasteiger partial charge in [0.25, 0.3) is 5.69 Å². The number of nitro benzene ring substituents is 1. The molecule has 0 aliphatic heterocycles. The van der Waals surface area contributed by atoms with Crippen molar-refractivity contribution in [3.63, 3.8) is 0 Å². The number of nitro groups is 1. The summed E-state index contributed by atoms with van der Waals surface area (Å²) in [5, 5.41) is 28.3. The molecule has 1 rings (SSSR count). The SMILES string of the molecule is O=Cc1cc([N+](=O)[O-])ccc1SCC(O)CO. The Morgan fingerprint density at radius 2 is 2.24 bits per heavy atom. The first-order chi connectivity index (χ1) is 8.08. The van der Waals surface area contributed by atoms with E-state index in [4.69, 9.17) is 10.2 Å². The number of hydrogen-bond donors (Lipinski definition) is 2. The summed E-state index contributed by atoms with van der Waals surface area (Å²) in [5.74, 6) is 0.217. The van der Waals surface area contributed by atoms with Crippen molar-refractivity contribution in [2.45, 2.75) is 11.0 Å². The first kappa shape index (κ1) is 13.6. The van der Waals surface area contributed by atoms with E-state index in [2.05, 4.69) is 0 Å². The summed E-state index contributed by atoms with van der Waals surface area (Å²) in [7, 11) is 0. The van der Waals surface area contributed by atoms with Crippen molar-refractivity contribution in [2.24, 2.45) is 0 Å². The van der Waals surface area contributed by atoms with Gasteiger partial charge in [0.05, 0.1) is 17.6 Å². The highest BCUT2D eigenvalue weighted by atomic mass is 32.2. The Bertz CT molecular complexity index is 423. The number of carbonyl (C=O) groups is 1. The smallest absolute Gasteiger partial charge is 0.270 e. The lowest BCUT2D eigenvalue weighted by Crippen LogP contribution is -2.14. The molecule has 0 saturated heterocycles.